The van der Waals surface area contributed by atoms with Gasteiger partial charge >= 0.3 is 0 Å². The minimum absolute atomic E-state index is 0.126. The van der Waals surface area contributed by atoms with E-state index >= 15 is 0 Å². The Morgan fingerprint density at radius 1 is 1.28 bits per heavy atom. The zero-order chi connectivity index (χ0) is 13.6. The highest BCUT2D eigenvalue weighted by Gasteiger charge is 2.18. The maximum Gasteiger partial charge on any atom is 0.220 e. The van der Waals surface area contributed by atoms with Gasteiger partial charge in [-0.05, 0) is 39.2 Å². The lowest BCUT2D eigenvalue weighted by Gasteiger charge is -2.25. The number of carbonyl (C=O) groups excluding carboxylic acids is 1. The van der Waals surface area contributed by atoms with E-state index in [4.69, 9.17) is 0 Å². The number of carbonyl (C=O) groups is 1. The average molecular weight is 312 g/mol. The van der Waals surface area contributed by atoms with Gasteiger partial charge in [0.1, 0.15) is 0 Å². The van der Waals surface area contributed by atoms with Crippen molar-refractivity contribution in [3.8, 4) is 0 Å². The van der Waals surface area contributed by atoms with Crippen LogP contribution in [0.1, 0.15) is 37.8 Å². The third kappa shape index (κ3) is 5.67. The maximum atomic E-state index is 11.8. The van der Waals surface area contributed by atoms with Crippen molar-refractivity contribution in [3.05, 3.63) is 35.4 Å². The van der Waals surface area contributed by atoms with Gasteiger partial charge in [0.15, 0.2) is 0 Å². The smallest absolute Gasteiger partial charge is 0.220 e. The highest BCUT2D eigenvalue weighted by atomic mass is 79.9. The van der Waals surface area contributed by atoms with Gasteiger partial charge in [-0.15, -0.1) is 0 Å². The number of hydrogen-bond donors (Lipinski definition) is 1. The zero-order valence-corrected chi connectivity index (χ0v) is 13.0. The highest BCUT2D eigenvalue weighted by molar-refractivity contribution is 9.09. The van der Waals surface area contributed by atoms with Crippen LogP contribution in [0.3, 0.4) is 0 Å². The fraction of sp³-hybridized carbons (Fsp3) is 0.533. The number of nitrogens with one attached hydrogen (secondary N) is 1. The Labute approximate surface area is 118 Å². The van der Waals surface area contributed by atoms with E-state index in [-0.39, 0.29) is 11.4 Å². The number of amides is 1. The van der Waals surface area contributed by atoms with Gasteiger partial charge in [-0.25, -0.2) is 0 Å². The lowest BCUT2D eigenvalue weighted by molar-refractivity contribution is -0.122. The van der Waals surface area contributed by atoms with E-state index in [0.29, 0.717) is 6.42 Å². The summed E-state index contributed by atoms with van der Waals surface area (Å²) in [4.78, 5) is 11.8. The van der Waals surface area contributed by atoms with Crippen molar-refractivity contribution < 1.29 is 4.79 Å². The molecule has 18 heavy (non-hydrogen) atoms. The summed E-state index contributed by atoms with van der Waals surface area (Å²) in [6.07, 6.45) is 2.29. The normalized spacial score (nSPS) is 11.3. The van der Waals surface area contributed by atoms with Crippen molar-refractivity contribution in [2.75, 3.05) is 5.33 Å². The van der Waals surface area contributed by atoms with Gasteiger partial charge in [0, 0.05) is 17.3 Å². The third-order valence-corrected chi connectivity index (χ3v) is 3.36. The van der Waals surface area contributed by atoms with Crippen molar-refractivity contribution in [1.82, 2.24) is 5.32 Å². The summed E-state index contributed by atoms with van der Waals surface area (Å²) >= 11 is 3.41. The maximum absolute atomic E-state index is 11.8. The van der Waals surface area contributed by atoms with Gasteiger partial charge < -0.3 is 5.32 Å². The summed E-state index contributed by atoms with van der Waals surface area (Å²) < 4.78 is 0. The standard InChI is InChI=1S/C15H22BrNO/c1-12-4-6-13(7-5-12)8-9-14(18)17-15(2,3)10-11-16/h4-7H,8-11H2,1-3H3,(H,17,18). The largest absolute Gasteiger partial charge is 0.351 e. The summed E-state index contributed by atoms with van der Waals surface area (Å²) in [6, 6.07) is 8.35. The molecule has 1 N–H and O–H groups in total. The molecular formula is C15H22BrNO. The molecule has 0 radical (unpaired) electrons. The van der Waals surface area contributed by atoms with Crippen LogP contribution in [-0.2, 0) is 11.2 Å². The van der Waals surface area contributed by atoms with Crippen molar-refractivity contribution in [1.29, 1.82) is 0 Å². The molecule has 0 saturated carbocycles. The minimum Gasteiger partial charge on any atom is -0.351 e. The lowest BCUT2D eigenvalue weighted by atomic mass is 10.0. The molecule has 0 unspecified atom stereocenters. The van der Waals surface area contributed by atoms with E-state index in [1.807, 2.05) is 0 Å². The molecule has 1 rings (SSSR count). The van der Waals surface area contributed by atoms with E-state index in [2.05, 4.69) is 66.3 Å². The predicted octanol–water partition coefficient (Wildman–Crippen LogP) is 3.61. The Morgan fingerprint density at radius 2 is 1.89 bits per heavy atom. The van der Waals surface area contributed by atoms with Crippen LogP contribution in [0.2, 0.25) is 0 Å². The fourth-order valence-corrected chi connectivity index (χ4v) is 2.74. The predicted molar refractivity (Wildman–Crippen MR) is 80.1 cm³/mol. The van der Waals surface area contributed by atoms with Crippen molar-refractivity contribution in [3.63, 3.8) is 0 Å². The molecule has 0 spiro atoms. The summed E-state index contributed by atoms with van der Waals surface area (Å²) in [7, 11) is 0. The highest BCUT2D eigenvalue weighted by Crippen LogP contribution is 2.11. The van der Waals surface area contributed by atoms with E-state index in [0.717, 1.165) is 18.2 Å². The van der Waals surface area contributed by atoms with E-state index < -0.39 is 0 Å². The number of aryl methyl sites for hydroxylation is 2. The first-order chi connectivity index (χ1) is 8.43. The van der Waals surface area contributed by atoms with Gasteiger partial charge in [0.05, 0.1) is 0 Å². The van der Waals surface area contributed by atoms with Crippen molar-refractivity contribution >= 4 is 21.8 Å². The Kier molecular flexibility index (Phi) is 5.86. The monoisotopic (exact) mass is 311 g/mol. The molecule has 1 amide bonds. The molecule has 1 aromatic carbocycles. The van der Waals surface area contributed by atoms with Gasteiger partial charge in [-0.3, -0.25) is 4.79 Å². The number of benzene rings is 1. The van der Waals surface area contributed by atoms with Gasteiger partial charge in [-0.1, -0.05) is 45.8 Å². The zero-order valence-electron chi connectivity index (χ0n) is 11.4. The molecule has 2 nitrogen and oxygen atoms in total. The first kappa shape index (κ1) is 15.2. The van der Waals surface area contributed by atoms with Gasteiger partial charge in [0.25, 0.3) is 0 Å². The molecule has 3 heteroatoms. The average Bonchev–Trinajstić information content (AvgIpc) is 2.27. The van der Waals surface area contributed by atoms with Crippen molar-refractivity contribution in [2.45, 2.75) is 45.6 Å². The van der Waals surface area contributed by atoms with E-state index in [1.165, 1.54) is 11.1 Å². The minimum atomic E-state index is -0.131. The van der Waals surface area contributed by atoms with Crippen LogP contribution >= 0.6 is 15.9 Å². The second-order valence-electron chi connectivity index (χ2n) is 5.36. The second kappa shape index (κ2) is 6.93. The Hall–Kier alpha value is -0.830. The van der Waals surface area contributed by atoms with E-state index in [1.54, 1.807) is 0 Å². The van der Waals surface area contributed by atoms with Crippen LogP contribution in [0.5, 0.6) is 0 Å². The number of halogens is 1. The Balaban J connectivity index is 2.39. The SMILES string of the molecule is Cc1ccc(CCC(=O)NC(C)(C)CCBr)cc1. The van der Waals surface area contributed by atoms with Crippen LogP contribution in [0.4, 0.5) is 0 Å². The molecule has 0 saturated heterocycles. The summed E-state index contributed by atoms with van der Waals surface area (Å²) in [5.41, 5.74) is 2.34. The topological polar surface area (TPSA) is 29.1 Å². The third-order valence-electron chi connectivity index (χ3n) is 2.96. The van der Waals surface area contributed by atoms with Crippen LogP contribution in [0.15, 0.2) is 24.3 Å². The van der Waals surface area contributed by atoms with E-state index in [9.17, 15) is 4.79 Å². The molecule has 0 aliphatic heterocycles. The molecule has 0 aliphatic carbocycles. The molecule has 0 fully saturated rings. The first-order valence-electron chi connectivity index (χ1n) is 6.35. The Bertz CT molecular complexity index is 384. The summed E-state index contributed by atoms with van der Waals surface area (Å²) in [5, 5.41) is 3.97. The summed E-state index contributed by atoms with van der Waals surface area (Å²) in [6.45, 7) is 6.18. The number of rotatable bonds is 6. The van der Waals surface area contributed by atoms with Crippen LogP contribution in [0.25, 0.3) is 0 Å². The fourth-order valence-electron chi connectivity index (χ4n) is 1.75. The van der Waals surface area contributed by atoms with Crippen LogP contribution < -0.4 is 5.32 Å². The molecule has 1 aromatic rings. The van der Waals surface area contributed by atoms with Crippen molar-refractivity contribution in [2.24, 2.45) is 0 Å². The quantitative estimate of drug-likeness (QED) is 0.799. The molecule has 0 aromatic heterocycles. The second-order valence-corrected chi connectivity index (χ2v) is 6.15. The molecule has 0 atom stereocenters. The Morgan fingerprint density at radius 3 is 2.44 bits per heavy atom. The molecular weight excluding hydrogens is 290 g/mol. The van der Waals surface area contributed by atoms with Gasteiger partial charge in [0.2, 0.25) is 5.91 Å². The number of alkyl halides is 1. The van der Waals surface area contributed by atoms with Gasteiger partial charge in [-0.2, -0.15) is 0 Å². The molecule has 0 bridgehead atoms. The molecule has 0 heterocycles. The van der Waals surface area contributed by atoms with Crippen LogP contribution in [0, 0.1) is 6.92 Å². The first-order valence-corrected chi connectivity index (χ1v) is 7.47. The molecule has 100 valence electrons. The number of hydrogen-bond acceptors (Lipinski definition) is 1. The summed E-state index contributed by atoms with van der Waals surface area (Å²) in [5.74, 6) is 0.126. The van der Waals surface area contributed by atoms with Crippen LogP contribution in [-0.4, -0.2) is 16.8 Å². The molecule has 0 aliphatic rings. The lowest BCUT2D eigenvalue weighted by Crippen LogP contribution is -2.43.